The molecule has 0 saturated heterocycles. The van der Waals surface area contributed by atoms with E-state index in [1.807, 2.05) is 0 Å². The third kappa shape index (κ3) is 3.50. The van der Waals surface area contributed by atoms with Crippen LogP contribution in [0.2, 0.25) is 0 Å². The Morgan fingerprint density at radius 3 is 2.85 bits per heavy atom. The number of halogens is 3. The van der Waals surface area contributed by atoms with E-state index in [-0.39, 0.29) is 5.56 Å². The number of alkyl halides is 2. The minimum Gasteiger partial charge on any atom is -0.369 e. The van der Waals surface area contributed by atoms with Crippen LogP contribution in [0, 0.1) is 0 Å². The van der Waals surface area contributed by atoms with Crippen molar-refractivity contribution in [3.63, 3.8) is 0 Å². The van der Waals surface area contributed by atoms with Crippen LogP contribution in [0.4, 0.5) is 14.6 Å². The molecule has 0 spiro atoms. The van der Waals surface area contributed by atoms with Gasteiger partial charge in [0.1, 0.15) is 5.82 Å². The molecule has 0 unspecified atom stereocenters. The Morgan fingerprint density at radius 2 is 2.15 bits per heavy atom. The first-order valence-electron chi connectivity index (χ1n) is 6.26. The molecule has 0 bridgehead atoms. The topological polar surface area (TPSA) is 37.8 Å². The lowest BCUT2D eigenvalue weighted by atomic mass is 10.1. The van der Waals surface area contributed by atoms with E-state index in [4.69, 9.17) is 0 Å². The van der Waals surface area contributed by atoms with Gasteiger partial charge in [-0.05, 0) is 28.4 Å². The highest BCUT2D eigenvalue weighted by Crippen LogP contribution is 2.26. The smallest absolute Gasteiger partial charge is 0.263 e. The maximum atomic E-state index is 12.7. The summed E-state index contributed by atoms with van der Waals surface area (Å²) in [5.74, 6) is 1.09. The second kappa shape index (κ2) is 6.74. The number of hydrogen-bond acceptors (Lipinski definition) is 3. The molecule has 1 N–H and O–H groups in total. The van der Waals surface area contributed by atoms with Gasteiger partial charge < -0.3 is 5.32 Å². The molecule has 0 aliphatic carbocycles. The van der Waals surface area contributed by atoms with Crippen molar-refractivity contribution in [3.05, 3.63) is 40.5 Å². The molecular formula is C14H14BrF2N3. The summed E-state index contributed by atoms with van der Waals surface area (Å²) in [5, 5.41) is 3.16. The summed E-state index contributed by atoms with van der Waals surface area (Å²) >= 11 is 3.36. The fourth-order valence-electron chi connectivity index (χ4n) is 1.69. The van der Waals surface area contributed by atoms with E-state index >= 15 is 0 Å². The summed E-state index contributed by atoms with van der Waals surface area (Å²) in [7, 11) is 0. The molecule has 2 rings (SSSR count). The Morgan fingerprint density at radius 1 is 1.35 bits per heavy atom. The Hall–Kier alpha value is -1.56. The number of benzene rings is 1. The van der Waals surface area contributed by atoms with Crippen molar-refractivity contribution in [1.82, 2.24) is 9.97 Å². The van der Waals surface area contributed by atoms with Crippen LogP contribution in [-0.4, -0.2) is 16.5 Å². The van der Waals surface area contributed by atoms with Crippen LogP contribution in [0.3, 0.4) is 0 Å². The monoisotopic (exact) mass is 341 g/mol. The molecule has 0 fully saturated rings. The number of nitrogens with one attached hydrogen (secondary N) is 1. The molecule has 0 aliphatic heterocycles. The van der Waals surface area contributed by atoms with Gasteiger partial charge in [-0.2, -0.15) is 0 Å². The average molecular weight is 342 g/mol. The largest absolute Gasteiger partial charge is 0.369 e. The van der Waals surface area contributed by atoms with Gasteiger partial charge in [0.15, 0.2) is 5.82 Å². The van der Waals surface area contributed by atoms with Crippen LogP contribution in [0.5, 0.6) is 0 Å². The van der Waals surface area contributed by atoms with Gasteiger partial charge in [0.05, 0.1) is 4.47 Å². The molecule has 1 aromatic heterocycles. The van der Waals surface area contributed by atoms with E-state index in [9.17, 15) is 8.78 Å². The summed E-state index contributed by atoms with van der Waals surface area (Å²) < 4.78 is 26.2. The fraction of sp³-hybridized carbons (Fsp3) is 0.286. The van der Waals surface area contributed by atoms with Gasteiger partial charge in [0.25, 0.3) is 6.43 Å². The number of nitrogens with zero attached hydrogens (tertiary/aromatic N) is 2. The predicted molar refractivity (Wildman–Crippen MR) is 78.9 cm³/mol. The SMILES string of the molecule is CCCNc1nc(-c2cccc(C(F)F)c2)ncc1Br. The lowest BCUT2D eigenvalue weighted by Gasteiger charge is -2.09. The van der Waals surface area contributed by atoms with E-state index in [1.54, 1.807) is 18.3 Å². The number of aromatic nitrogens is 2. The molecule has 1 aromatic carbocycles. The van der Waals surface area contributed by atoms with Gasteiger partial charge >= 0.3 is 0 Å². The summed E-state index contributed by atoms with van der Waals surface area (Å²) in [6.07, 6.45) is 0.0882. The highest BCUT2D eigenvalue weighted by molar-refractivity contribution is 9.10. The van der Waals surface area contributed by atoms with Crippen molar-refractivity contribution in [2.45, 2.75) is 19.8 Å². The zero-order chi connectivity index (χ0) is 14.5. The normalized spacial score (nSPS) is 10.8. The van der Waals surface area contributed by atoms with Crippen LogP contribution in [-0.2, 0) is 0 Å². The lowest BCUT2D eigenvalue weighted by Crippen LogP contribution is -2.04. The number of rotatable bonds is 5. The zero-order valence-corrected chi connectivity index (χ0v) is 12.5. The Labute approximate surface area is 124 Å². The minimum absolute atomic E-state index is 0.0305. The average Bonchev–Trinajstić information content (AvgIpc) is 2.46. The second-order valence-electron chi connectivity index (χ2n) is 4.24. The molecule has 3 nitrogen and oxygen atoms in total. The Balaban J connectivity index is 2.35. The second-order valence-corrected chi connectivity index (χ2v) is 5.10. The number of anilines is 1. The predicted octanol–water partition coefficient (Wildman–Crippen LogP) is 4.67. The van der Waals surface area contributed by atoms with Crippen molar-refractivity contribution in [2.75, 3.05) is 11.9 Å². The van der Waals surface area contributed by atoms with E-state index in [2.05, 4.69) is 38.1 Å². The van der Waals surface area contributed by atoms with Gasteiger partial charge in [-0.3, -0.25) is 0 Å². The molecule has 0 amide bonds. The highest BCUT2D eigenvalue weighted by Gasteiger charge is 2.11. The molecule has 6 heteroatoms. The van der Waals surface area contributed by atoms with Crippen molar-refractivity contribution < 1.29 is 8.78 Å². The zero-order valence-electron chi connectivity index (χ0n) is 10.9. The van der Waals surface area contributed by atoms with Crippen LogP contribution < -0.4 is 5.32 Å². The first kappa shape index (κ1) is 14.8. The van der Waals surface area contributed by atoms with Gasteiger partial charge in [-0.25, -0.2) is 18.7 Å². The Kier molecular flexibility index (Phi) is 5.00. The molecule has 0 aliphatic rings. The molecule has 106 valence electrons. The van der Waals surface area contributed by atoms with Gasteiger partial charge in [-0.1, -0.05) is 25.1 Å². The highest BCUT2D eigenvalue weighted by atomic mass is 79.9. The Bertz CT molecular complexity index is 590. The van der Waals surface area contributed by atoms with E-state index in [0.717, 1.165) is 17.4 Å². The molecule has 0 radical (unpaired) electrons. The van der Waals surface area contributed by atoms with Gasteiger partial charge in [-0.15, -0.1) is 0 Å². The van der Waals surface area contributed by atoms with Crippen molar-refractivity contribution in [2.24, 2.45) is 0 Å². The third-order valence-electron chi connectivity index (χ3n) is 2.68. The van der Waals surface area contributed by atoms with E-state index in [0.29, 0.717) is 17.2 Å². The van der Waals surface area contributed by atoms with Crippen molar-refractivity contribution >= 4 is 21.7 Å². The first-order valence-corrected chi connectivity index (χ1v) is 7.06. The molecule has 1 heterocycles. The standard InChI is InChI=1S/C14H14BrF2N3/c1-2-6-18-14-11(15)8-19-13(20-14)10-5-3-4-9(7-10)12(16)17/h3-5,7-8,12H,2,6H2,1H3,(H,18,19,20). The van der Waals surface area contributed by atoms with Gasteiger partial charge in [0.2, 0.25) is 0 Å². The van der Waals surface area contributed by atoms with Crippen LogP contribution in [0.1, 0.15) is 25.3 Å². The fourth-order valence-corrected chi connectivity index (χ4v) is 2.02. The summed E-state index contributed by atoms with van der Waals surface area (Å²) in [6.45, 7) is 2.83. The maximum Gasteiger partial charge on any atom is 0.263 e. The number of hydrogen-bond donors (Lipinski definition) is 1. The van der Waals surface area contributed by atoms with E-state index < -0.39 is 6.43 Å². The van der Waals surface area contributed by atoms with Crippen LogP contribution >= 0.6 is 15.9 Å². The molecule has 20 heavy (non-hydrogen) atoms. The quantitative estimate of drug-likeness (QED) is 0.858. The molecule has 0 saturated carbocycles. The minimum atomic E-state index is -2.50. The first-order chi connectivity index (χ1) is 9.61. The van der Waals surface area contributed by atoms with E-state index in [1.165, 1.54) is 12.1 Å². The summed E-state index contributed by atoms with van der Waals surface area (Å²) in [6, 6.07) is 6.11. The molecular weight excluding hydrogens is 328 g/mol. The van der Waals surface area contributed by atoms with Crippen molar-refractivity contribution in [3.8, 4) is 11.4 Å². The van der Waals surface area contributed by atoms with Crippen molar-refractivity contribution in [1.29, 1.82) is 0 Å². The lowest BCUT2D eigenvalue weighted by molar-refractivity contribution is 0.151. The molecule has 0 atom stereocenters. The summed E-state index contributed by atoms with van der Waals surface area (Å²) in [5.41, 5.74) is 0.548. The van der Waals surface area contributed by atoms with Gasteiger partial charge in [0, 0.05) is 23.9 Å². The molecule has 2 aromatic rings. The maximum absolute atomic E-state index is 12.7. The van der Waals surface area contributed by atoms with Crippen LogP contribution in [0.25, 0.3) is 11.4 Å². The van der Waals surface area contributed by atoms with Crippen LogP contribution in [0.15, 0.2) is 34.9 Å². The third-order valence-corrected chi connectivity index (χ3v) is 3.26. The summed E-state index contributed by atoms with van der Waals surface area (Å²) in [4.78, 5) is 8.54.